The first kappa shape index (κ1) is 11.4. The lowest BCUT2D eigenvalue weighted by Gasteiger charge is -2.17. The van der Waals surface area contributed by atoms with Crippen LogP contribution in [0.1, 0.15) is 6.42 Å². The summed E-state index contributed by atoms with van der Waals surface area (Å²) in [5.41, 5.74) is 6.11. The third-order valence-corrected chi connectivity index (χ3v) is 3.26. The number of halogens is 1. The highest BCUT2D eigenvalue weighted by Gasteiger charge is 2.30. The van der Waals surface area contributed by atoms with Crippen LogP contribution in [0.25, 0.3) is 0 Å². The van der Waals surface area contributed by atoms with E-state index < -0.39 is 0 Å². The minimum Gasteiger partial charge on any atom is -0.506 e. The van der Waals surface area contributed by atoms with Crippen molar-refractivity contribution in [1.82, 2.24) is 0 Å². The first-order valence-corrected chi connectivity index (χ1v) is 5.90. The quantitative estimate of drug-likeness (QED) is 0.864. The van der Waals surface area contributed by atoms with Crippen LogP contribution >= 0.6 is 15.9 Å². The molecule has 1 aromatic rings. The van der Waals surface area contributed by atoms with Gasteiger partial charge in [-0.2, -0.15) is 0 Å². The lowest BCUT2D eigenvalue weighted by atomic mass is 10.1. The van der Waals surface area contributed by atoms with Crippen LogP contribution in [-0.2, 0) is 4.79 Å². The fourth-order valence-corrected chi connectivity index (χ4v) is 2.25. The number of carbonyl (C=O) groups is 1. The van der Waals surface area contributed by atoms with Crippen LogP contribution < -0.4 is 10.6 Å². The number of carbonyl (C=O) groups excluding carboxylic acids is 1. The zero-order valence-corrected chi connectivity index (χ0v) is 10.3. The minimum atomic E-state index is 0.0214. The van der Waals surface area contributed by atoms with Gasteiger partial charge in [-0.15, -0.1) is 0 Å². The Balaban J connectivity index is 2.28. The Morgan fingerprint density at radius 1 is 1.56 bits per heavy atom. The molecule has 1 heterocycles. The maximum atomic E-state index is 11.7. The number of phenols is 1. The van der Waals surface area contributed by atoms with Crippen LogP contribution in [0.2, 0.25) is 0 Å². The number of rotatable bonds is 2. The van der Waals surface area contributed by atoms with E-state index in [0.29, 0.717) is 25.2 Å². The maximum absolute atomic E-state index is 11.7. The Morgan fingerprint density at radius 2 is 2.31 bits per heavy atom. The number of benzene rings is 1. The summed E-state index contributed by atoms with van der Waals surface area (Å²) in [4.78, 5) is 13.3. The zero-order valence-electron chi connectivity index (χ0n) is 8.69. The molecule has 0 bridgehead atoms. The second-order valence-electron chi connectivity index (χ2n) is 3.94. The highest BCUT2D eigenvalue weighted by atomic mass is 79.9. The summed E-state index contributed by atoms with van der Waals surface area (Å²) in [7, 11) is 0. The fraction of sp³-hybridized carbons (Fsp3) is 0.364. The van der Waals surface area contributed by atoms with Gasteiger partial charge in [0.25, 0.3) is 0 Å². The van der Waals surface area contributed by atoms with E-state index in [1.807, 2.05) is 0 Å². The number of amides is 1. The smallest absolute Gasteiger partial charge is 0.227 e. The average molecular weight is 285 g/mol. The molecular weight excluding hydrogens is 272 g/mol. The maximum Gasteiger partial charge on any atom is 0.227 e. The van der Waals surface area contributed by atoms with E-state index >= 15 is 0 Å². The molecule has 5 heteroatoms. The first-order valence-electron chi connectivity index (χ1n) is 5.10. The van der Waals surface area contributed by atoms with Crippen molar-refractivity contribution in [3.63, 3.8) is 0 Å². The van der Waals surface area contributed by atoms with Crippen molar-refractivity contribution in [3.05, 3.63) is 22.7 Å². The molecule has 86 valence electrons. The van der Waals surface area contributed by atoms with Crippen molar-refractivity contribution < 1.29 is 9.90 Å². The molecule has 3 N–H and O–H groups in total. The standard InChI is InChI=1S/C11H13BrN2O2/c12-8-1-2-9(10(15)4-8)14-6-7(5-13)3-11(14)16/h1-2,4,7,15H,3,5-6,13H2. The molecule has 16 heavy (non-hydrogen) atoms. The van der Waals surface area contributed by atoms with Gasteiger partial charge in [0.2, 0.25) is 5.91 Å². The number of anilines is 1. The van der Waals surface area contributed by atoms with E-state index in [0.717, 1.165) is 4.47 Å². The molecule has 1 saturated heterocycles. The van der Waals surface area contributed by atoms with E-state index in [9.17, 15) is 9.90 Å². The fourth-order valence-electron chi connectivity index (χ4n) is 1.90. The predicted molar refractivity (Wildman–Crippen MR) is 65.3 cm³/mol. The van der Waals surface area contributed by atoms with E-state index in [2.05, 4.69) is 15.9 Å². The molecule has 1 aliphatic rings. The second-order valence-corrected chi connectivity index (χ2v) is 4.86. The number of hydrogen-bond donors (Lipinski definition) is 2. The van der Waals surface area contributed by atoms with E-state index in [4.69, 9.17) is 5.73 Å². The van der Waals surface area contributed by atoms with Gasteiger partial charge in [-0.1, -0.05) is 15.9 Å². The molecule has 1 aliphatic heterocycles. The molecule has 1 aromatic carbocycles. The van der Waals surface area contributed by atoms with E-state index in [1.54, 1.807) is 23.1 Å². The van der Waals surface area contributed by atoms with Gasteiger partial charge in [0.15, 0.2) is 0 Å². The molecule has 0 saturated carbocycles. The van der Waals surface area contributed by atoms with Gasteiger partial charge in [0.05, 0.1) is 5.69 Å². The van der Waals surface area contributed by atoms with Crippen LogP contribution in [0.15, 0.2) is 22.7 Å². The Labute approximate surface area is 102 Å². The molecule has 0 radical (unpaired) electrons. The number of hydrogen-bond acceptors (Lipinski definition) is 3. The third kappa shape index (κ3) is 2.05. The van der Waals surface area contributed by atoms with Crippen molar-refractivity contribution >= 4 is 27.5 Å². The number of aromatic hydroxyl groups is 1. The van der Waals surface area contributed by atoms with Crippen LogP contribution in [0.5, 0.6) is 5.75 Å². The van der Waals surface area contributed by atoms with Gasteiger partial charge in [0, 0.05) is 17.4 Å². The summed E-state index contributed by atoms with van der Waals surface area (Å²) in [6, 6.07) is 5.12. The SMILES string of the molecule is NCC1CC(=O)N(c2ccc(Br)cc2O)C1. The van der Waals surface area contributed by atoms with Crippen molar-refractivity contribution in [2.24, 2.45) is 11.7 Å². The Kier molecular flexibility index (Phi) is 3.16. The van der Waals surface area contributed by atoms with Crippen LogP contribution in [0, 0.1) is 5.92 Å². The summed E-state index contributed by atoms with van der Waals surface area (Å²) in [6.45, 7) is 1.09. The Bertz CT molecular complexity index is 422. The van der Waals surface area contributed by atoms with E-state index in [-0.39, 0.29) is 17.6 Å². The van der Waals surface area contributed by atoms with Gasteiger partial charge in [0.1, 0.15) is 5.75 Å². The van der Waals surface area contributed by atoms with Gasteiger partial charge in [-0.25, -0.2) is 0 Å². The number of nitrogens with zero attached hydrogens (tertiary/aromatic N) is 1. The molecule has 1 fully saturated rings. The number of phenolic OH excluding ortho intramolecular Hbond substituents is 1. The minimum absolute atomic E-state index is 0.0214. The molecule has 1 unspecified atom stereocenters. The van der Waals surface area contributed by atoms with Crippen LogP contribution in [0.4, 0.5) is 5.69 Å². The molecule has 1 amide bonds. The van der Waals surface area contributed by atoms with E-state index in [1.165, 1.54) is 0 Å². The average Bonchev–Trinajstić information content (AvgIpc) is 2.60. The van der Waals surface area contributed by atoms with Crippen LogP contribution in [0.3, 0.4) is 0 Å². The molecule has 4 nitrogen and oxygen atoms in total. The molecule has 2 rings (SSSR count). The largest absolute Gasteiger partial charge is 0.506 e. The van der Waals surface area contributed by atoms with Crippen LogP contribution in [-0.4, -0.2) is 24.1 Å². The molecule has 1 atom stereocenters. The normalized spacial score (nSPS) is 20.5. The topological polar surface area (TPSA) is 66.6 Å². The summed E-state index contributed by atoms with van der Waals surface area (Å²) in [5.74, 6) is 0.323. The van der Waals surface area contributed by atoms with Gasteiger partial charge >= 0.3 is 0 Å². The summed E-state index contributed by atoms with van der Waals surface area (Å²) in [5, 5.41) is 9.77. The van der Waals surface area contributed by atoms with Crippen molar-refractivity contribution in [2.45, 2.75) is 6.42 Å². The molecule has 0 aliphatic carbocycles. The summed E-state index contributed by atoms with van der Waals surface area (Å²) < 4.78 is 0.788. The highest BCUT2D eigenvalue weighted by Crippen LogP contribution is 2.33. The second kappa shape index (κ2) is 4.43. The van der Waals surface area contributed by atoms with Crippen molar-refractivity contribution in [3.8, 4) is 5.75 Å². The zero-order chi connectivity index (χ0) is 11.7. The van der Waals surface area contributed by atoms with Gasteiger partial charge < -0.3 is 15.7 Å². The predicted octanol–water partition coefficient (Wildman–Crippen LogP) is 1.47. The highest BCUT2D eigenvalue weighted by molar-refractivity contribution is 9.10. The third-order valence-electron chi connectivity index (χ3n) is 2.77. The molecule has 0 spiro atoms. The Hall–Kier alpha value is -1.07. The first-order chi connectivity index (χ1) is 7.61. The number of nitrogens with two attached hydrogens (primary N) is 1. The monoisotopic (exact) mass is 284 g/mol. The molecule has 0 aromatic heterocycles. The lowest BCUT2D eigenvalue weighted by molar-refractivity contribution is -0.117. The summed E-state index contributed by atoms with van der Waals surface area (Å²) >= 11 is 3.26. The molecular formula is C11H13BrN2O2. The van der Waals surface area contributed by atoms with Gasteiger partial charge in [-0.05, 0) is 30.7 Å². The van der Waals surface area contributed by atoms with Crippen molar-refractivity contribution in [2.75, 3.05) is 18.0 Å². The Morgan fingerprint density at radius 3 is 2.88 bits per heavy atom. The lowest BCUT2D eigenvalue weighted by Crippen LogP contribution is -2.25. The van der Waals surface area contributed by atoms with Crippen molar-refractivity contribution in [1.29, 1.82) is 0 Å². The van der Waals surface area contributed by atoms with Gasteiger partial charge in [-0.3, -0.25) is 4.79 Å². The summed E-state index contributed by atoms with van der Waals surface area (Å²) in [6.07, 6.45) is 0.464.